The van der Waals surface area contributed by atoms with E-state index in [1.807, 2.05) is 54.6 Å². The molecule has 0 saturated heterocycles. The molecule has 1 atom stereocenters. The van der Waals surface area contributed by atoms with E-state index in [-0.39, 0.29) is 0 Å². The van der Waals surface area contributed by atoms with Crippen molar-refractivity contribution in [3.8, 4) is 17.2 Å². The second kappa shape index (κ2) is 15.0. The summed E-state index contributed by atoms with van der Waals surface area (Å²) in [5, 5.41) is 9.45. The van der Waals surface area contributed by atoms with Crippen molar-refractivity contribution in [2.24, 2.45) is 5.92 Å². The van der Waals surface area contributed by atoms with E-state index in [0.29, 0.717) is 37.4 Å². The van der Waals surface area contributed by atoms with Crippen LogP contribution in [0.2, 0.25) is 0 Å². The lowest BCUT2D eigenvalue weighted by Gasteiger charge is -2.13. The summed E-state index contributed by atoms with van der Waals surface area (Å²) in [4.78, 5) is 11.5. The van der Waals surface area contributed by atoms with E-state index in [1.165, 1.54) is 0 Å². The van der Waals surface area contributed by atoms with Crippen LogP contribution in [0.3, 0.4) is 0 Å². The van der Waals surface area contributed by atoms with E-state index in [9.17, 15) is 18.7 Å². The Labute approximate surface area is 188 Å². The lowest BCUT2D eigenvalue weighted by Crippen LogP contribution is -2.17. The SMILES string of the molecule is O=C(O)C(CCCCCCCCC=C(F)F)CCOc1ccc(Oc2ccccc2)cc1. The number of aliphatic carboxylic acids is 1. The number of para-hydroxylation sites is 1. The zero-order valence-corrected chi connectivity index (χ0v) is 18.3. The Morgan fingerprint density at radius 2 is 1.41 bits per heavy atom. The third-order valence-electron chi connectivity index (χ3n) is 5.19. The molecule has 0 fully saturated rings. The first-order valence-corrected chi connectivity index (χ1v) is 11.2. The van der Waals surface area contributed by atoms with Crippen LogP contribution in [0, 0.1) is 5.92 Å². The fourth-order valence-electron chi connectivity index (χ4n) is 3.39. The highest BCUT2D eigenvalue weighted by Gasteiger charge is 2.17. The van der Waals surface area contributed by atoms with Gasteiger partial charge in [-0.2, -0.15) is 8.78 Å². The predicted molar refractivity (Wildman–Crippen MR) is 121 cm³/mol. The van der Waals surface area contributed by atoms with Crippen molar-refractivity contribution < 1.29 is 28.2 Å². The van der Waals surface area contributed by atoms with Crippen molar-refractivity contribution in [2.75, 3.05) is 6.61 Å². The van der Waals surface area contributed by atoms with Gasteiger partial charge in [0, 0.05) is 0 Å². The Morgan fingerprint density at radius 1 is 0.812 bits per heavy atom. The first-order valence-electron chi connectivity index (χ1n) is 11.2. The van der Waals surface area contributed by atoms with Crippen molar-refractivity contribution in [3.63, 3.8) is 0 Å². The number of allylic oxidation sites excluding steroid dienone is 1. The van der Waals surface area contributed by atoms with Crippen LogP contribution >= 0.6 is 0 Å². The number of carbonyl (C=O) groups is 1. The average molecular weight is 447 g/mol. The summed E-state index contributed by atoms with van der Waals surface area (Å²) in [5.74, 6) is 0.929. The van der Waals surface area contributed by atoms with Crippen LogP contribution in [-0.4, -0.2) is 17.7 Å². The molecule has 1 N–H and O–H groups in total. The monoisotopic (exact) mass is 446 g/mol. The van der Waals surface area contributed by atoms with Gasteiger partial charge in [-0.3, -0.25) is 4.79 Å². The molecule has 6 heteroatoms. The normalized spacial score (nSPS) is 11.6. The minimum Gasteiger partial charge on any atom is -0.494 e. The Morgan fingerprint density at radius 3 is 2.06 bits per heavy atom. The molecule has 0 aromatic heterocycles. The lowest BCUT2D eigenvalue weighted by molar-refractivity contribution is -0.142. The highest BCUT2D eigenvalue weighted by atomic mass is 19.3. The molecule has 4 nitrogen and oxygen atoms in total. The van der Waals surface area contributed by atoms with Gasteiger partial charge in [-0.1, -0.05) is 50.3 Å². The molecule has 2 rings (SSSR count). The van der Waals surface area contributed by atoms with Gasteiger partial charge in [-0.15, -0.1) is 0 Å². The van der Waals surface area contributed by atoms with Crippen LogP contribution in [0.25, 0.3) is 0 Å². The summed E-state index contributed by atoms with van der Waals surface area (Å²) in [6.07, 6.45) is 6.36. The molecule has 2 aromatic rings. The van der Waals surface area contributed by atoms with Gasteiger partial charge >= 0.3 is 5.97 Å². The van der Waals surface area contributed by atoms with Crippen molar-refractivity contribution in [3.05, 3.63) is 66.8 Å². The molecule has 1 unspecified atom stereocenters. The first-order chi connectivity index (χ1) is 15.5. The molecule has 0 saturated carbocycles. The smallest absolute Gasteiger partial charge is 0.306 e. The second-order valence-corrected chi connectivity index (χ2v) is 7.75. The van der Waals surface area contributed by atoms with E-state index in [4.69, 9.17) is 9.47 Å². The van der Waals surface area contributed by atoms with Gasteiger partial charge in [0.15, 0.2) is 0 Å². The van der Waals surface area contributed by atoms with Crippen molar-refractivity contribution in [1.82, 2.24) is 0 Å². The van der Waals surface area contributed by atoms with Gasteiger partial charge in [0.05, 0.1) is 12.5 Å². The average Bonchev–Trinajstić information content (AvgIpc) is 2.78. The Balaban J connectivity index is 1.60. The summed E-state index contributed by atoms with van der Waals surface area (Å²) in [5.41, 5.74) is 0. The molecule has 0 aliphatic rings. The zero-order chi connectivity index (χ0) is 23.0. The zero-order valence-electron chi connectivity index (χ0n) is 18.3. The van der Waals surface area contributed by atoms with Crippen molar-refractivity contribution in [1.29, 1.82) is 0 Å². The third-order valence-corrected chi connectivity index (χ3v) is 5.19. The predicted octanol–water partition coefficient (Wildman–Crippen LogP) is 7.85. The van der Waals surface area contributed by atoms with Gasteiger partial charge in [0.1, 0.15) is 17.2 Å². The summed E-state index contributed by atoms with van der Waals surface area (Å²) < 4.78 is 35.3. The van der Waals surface area contributed by atoms with Crippen LogP contribution < -0.4 is 9.47 Å². The number of carboxylic acids is 1. The topological polar surface area (TPSA) is 55.8 Å². The summed E-state index contributed by atoms with van der Waals surface area (Å²) in [6.45, 7) is 0.342. The van der Waals surface area contributed by atoms with Crippen molar-refractivity contribution >= 4 is 5.97 Å². The van der Waals surface area contributed by atoms with E-state index in [1.54, 1.807) is 0 Å². The number of benzene rings is 2. The largest absolute Gasteiger partial charge is 0.494 e. The first kappa shape index (κ1) is 25.4. The van der Waals surface area contributed by atoms with Crippen LogP contribution in [0.5, 0.6) is 17.2 Å². The van der Waals surface area contributed by atoms with Gasteiger partial charge < -0.3 is 14.6 Å². The summed E-state index contributed by atoms with van der Waals surface area (Å²) in [6, 6.07) is 16.8. The number of carboxylic acid groups (broad SMARTS) is 1. The number of ether oxygens (including phenoxy) is 2. The molecular weight excluding hydrogens is 414 g/mol. The van der Waals surface area contributed by atoms with Crippen LogP contribution in [0.4, 0.5) is 8.78 Å². The molecule has 0 aliphatic carbocycles. The fraction of sp³-hybridized carbons (Fsp3) is 0.423. The van der Waals surface area contributed by atoms with E-state index in [0.717, 1.165) is 50.4 Å². The number of halogens is 2. The molecule has 0 aliphatic heterocycles. The molecular formula is C26H32F2O4. The minimum absolute atomic E-state index is 0.342. The van der Waals surface area contributed by atoms with Crippen LogP contribution in [-0.2, 0) is 4.79 Å². The Kier molecular flexibility index (Phi) is 11.9. The quantitative estimate of drug-likeness (QED) is 0.267. The Bertz CT molecular complexity index is 802. The minimum atomic E-state index is -1.61. The molecule has 174 valence electrons. The summed E-state index contributed by atoms with van der Waals surface area (Å²) >= 11 is 0. The van der Waals surface area contributed by atoms with E-state index >= 15 is 0 Å². The van der Waals surface area contributed by atoms with E-state index < -0.39 is 18.0 Å². The maximum Gasteiger partial charge on any atom is 0.306 e. The molecule has 0 heterocycles. The molecule has 0 spiro atoms. The lowest BCUT2D eigenvalue weighted by atomic mass is 9.97. The number of rotatable bonds is 16. The second-order valence-electron chi connectivity index (χ2n) is 7.75. The van der Waals surface area contributed by atoms with Gasteiger partial charge in [0.25, 0.3) is 6.08 Å². The third kappa shape index (κ3) is 10.9. The standard InChI is InChI=1S/C26H32F2O4/c27-25(28)14-10-5-3-1-2-4-7-11-21(26(29)30)19-20-31-22-15-17-24(18-16-22)32-23-12-8-6-9-13-23/h6,8-9,12-18,21H,1-5,7,10-11,19-20H2,(H,29,30). The maximum atomic E-state index is 11.9. The fourth-order valence-corrected chi connectivity index (χ4v) is 3.39. The molecule has 32 heavy (non-hydrogen) atoms. The van der Waals surface area contributed by atoms with Gasteiger partial charge in [-0.25, -0.2) is 0 Å². The van der Waals surface area contributed by atoms with Crippen LogP contribution in [0.15, 0.2) is 66.8 Å². The molecule has 0 amide bonds. The molecule has 0 bridgehead atoms. The summed E-state index contributed by atoms with van der Waals surface area (Å²) in [7, 11) is 0. The number of hydrogen-bond donors (Lipinski definition) is 1. The van der Waals surface area contributed by atoms with E-state index in [2.05, 4.69) is 0 Å². The highest BCUT2D eigenvalue weighted by molar-refractivity contribution is 5.69. The maximum absolute atomic E-state index is 11.9. The van der Waals surface area contributed by atoms with Gasteiger partial charge in [-0.05, 0) is 68.2 Å². The van der Waals surface area contributed by atoms with Crippen LogP contribution in [0.1, 0.15) is 57.8 Å². The molecule has 0 radical (unpaired) electrons. The number of hydrogen-bond acceptors (Lipinski definition) is 3. The Hall–Kier alpha value is -2.89. The van der Waals surface area contributed by atoms with Crippen molar-refractivity contribution in [2.45, 2.75) is 57.8 Å². The number of unbranched alkanes of at least 4 members (excludes halogenated alkanes) is 6. The molecule has 2 aromatic carbocycles. The highest BCUT2D eigenvalue weighted by Crippen LogP contribution is 2.24. The van der Waals surface area contributed by atoms with Gasteiger partial charge in [0.2, 0.25) is 0 Å².